The molecule has 266 valence electrons. The molecular weight excluding hydrogens is 608 g/mol. The van der Waals surface area contributed by atoms with E-state index in [4.69, 9.17) is 9.47 Å². The minimum Gasteiger partial charge on any atom is -0.481 e. The zero-order valence-electron chi connectivity index (χ0n) is 28.5. The van der Waals surface area contributed by atoms with Crippen LogP contribution >= 0.6 is 0 Å². The number of carbonyl (C=O) groups excluding carboxylic acids is 1. The Balaban J connectivity index is 1.37. The second-order valence-electron chi connectivity index (χ2n) is 17.4. The first-order chi connectivity index (χ1) is 21.9. The first-order valence-electron chi connectivity index (χ1n) is 17.6. The van der Waals surface area contributed by atoms with E-state index < -0.39 is 71.6 Å². The highest BCUT2D eigenvalue weighted by Gasteiger charge is 2.71. The second kappa shape index (κ2) is 11.5. The largest absolute Gasteiger partial charge is 0.481 e. The van der Waals surface area contributed by atoms with E-state index in [0.29, 0.717) is 44.9 Å². The molecule has 5 aliphatic carbocycles. The number of hydrogen-bond donors (Lipinski definition) is 7. The lowest BCUT2D eigenvalue weighted by Crippen LogP contribution is -2.66. The Morgan fingerprint density at radius 3 is 2.19 bits per heavy atom. The zero-order valence-corrected chi connectivity index (χ0v) is 28.5. The lowest BCUT2D eigenvalue weighted by atomic mass is 9.33. The van der Waals surface area contributed by atoms with Crippen molar-refractivity contribution in [3.8, 4) is 0 Å². The van der Waals surface area contributed by atoms with E-state index in [1.54, 1.807) is 6.92 Å². The summed E-state index contributed by atoms with van der Waals surface area (Å²) in [4.78, 5) is 27.1. The quantitative estimate of drug-likeness (QED) is 0.169. The SMILES string of the molecule is C[C@@]1(CO)CC[C@]2(C(=O)O[C@@H]3O[C@H](CO)[C@@H](O)[C@H](O)[C@H]3O)CC[C@]3(C)C(=CC[C@@H]4[C@@]5(C)CCC(O)[C@@](C)(C(=O)O)[C@@H]5CC[C@]43C)[C@@H]2C1. The van der Waals surface area contributed by atoms with Crippen molar-refractivity contribution < 1.29 is 54.8 Å². The van der Waals surface area contributed by atoms with Gasteiger partial charge in [-0.1, -0.05) is 39.3 Å². The van der Waals surface area contributed by atoms with Crippen LogP contribution in [0.4, 0.5) is 0 Å². The van der Waals surface area contributed by atoms with Crippen molar-refractivity contribution in [2.45, 2.75) is 136 Å². The van der Waals surface area contributed by atoms with Crippen molar-refractivity contribution in [3.63, 3.8) is 0 Å². The van der Waals surface area contributed by atoms with E-state index in [1.165, 1.54) is 5.57 Å². The number of rotatable bonds is 5. The van der Waals surface area contributed by atoms with Gasteiger partial charge in [0.15, 0.2) is 0 Å². The maximum absolute atomic E-state index is 14.4. The van der Waals surface area contributed by atoms with Crippen molar-refractivity contribution in [2.24, 2.45) is 50.2 Å². The van der Waals surface area contributed by atoms with Gasteiger partial charge in [-0.3, -0.25) is 9.59 Å². The summed E-state index contributed by atoms with van der Waals surface area (Å²) in [6.45, 7) is 10.0. The molecular formula is C36H56O11. The lowest BCUT2D eigenvalue weighted by Gasteiger charge is -2.71. The maximum Gasteiger partial charge on any atom is 0.315 e. The number of ether oxygens (including phenoxy) is 2. The van der Waals surface area contributed by atoms with Crippen molar-refractivity contribution in [1.82, 2.24) is 0 Å². The monoisotopic (exact) mass is 664 g/mol. The Morgan fingerprint density at radius 2 is 1.55 bits per heavy atom. The summed E-state index contributed by atoms with van der Waals surface area (Å²) < 4.78 is 11.5. The van der Waals surface area contributed by atoms with Gasteiger partial charge in [0.1, 0.15) is 24.4 Å². The fourth-order valence-corrected chi connectivity index (χ4v) is 12.0. The Bertz CT molecular complexity index is 1300. The van der Waals surface area contributed by atoms with Crippen LogP contribution in [0.15, 0.2) is 11.6 Å². The predicted molar refractivity (Wildman–Crippen MR) is 168 cm³/mol. The Hall–Kier alpha value is -1.60. The minimum absolute atomic E-state index is 0.0267. The van der Waals surface area contributed by atoms with E-state index in [9.17, 15) is 45.3 Å². The summed E-state index contributed by atoms with van der Waals surface area (Å²) in [5.41, 5.74) is -2.23. The molecule has 7 N–H and O–H groups in total. The number of esters is 1. The van der Waals surface area contributed by atoms with Crippen LogP contribution in [0, 0.1) is 50.2 Å². The molecule has 0 amide bonds. The molecule has 47 heavy (non-hydrogen) atoms. The fraction of sp³-hybridized carbons (Fsp3) is 0.889. The van der Waals surface area contributed by atoms with E-state index in [-0.39, 0.29) is 40.6 Å². The van der Waals surface area contributed by atoms with Crippen molar-refractivity contribution >= 4 is 11.9 Å². The normalized spacial score (nSPS) is 54.2. The number of allylic oxidation sites excluding steroid dienone is 2. The van der Waals surface area contributed by atoms with Crippen LogP contribution in [0.1, 0.15) is 98.8 Å². The van der Waals surface area contributed by atoms with Gasteiger partial charge in [-0.25, -0.2) is 0 Å². The molecule has 1 unspecified atom stereocenters. The summed E-state index contributed by atoms with van der Waals surface area (Å²) >= 11 is 0. The molecule has 1 heterocycles. The lowest BCUT2D eigenvalue weighted by molar-refractivity contribution is -0.297. The van der Waals surface area contributed by atoms with E-state index in [2.05, 4.69) is 26.8 Å². The molecule has 6 rings (SSSR count). The molecule has 0 aromatic rings. The van der Waals surface area contributed by atoms with Gasteiger partial charge in [0.05, 0.1) is 23.5 Å². The van der Waals surface area contributed by atoms with Gasteiger partial charge in [-0.05, 0) is 111 Å². The van der Waals surface area contributed by atoms with E-state index in [0.717, 1.165) is 19.3 Å². The molecule has 15 atom stereocenters. The second-order valence-corrected chi connectivity index (χ2v) is 17.4. The number of carboxylic acid groups (broad SMARTS) is 1. The van der Waals surface area contributed by atoms with Crippen LogP contribution in [0.3, 0.4) is 0 Å². The standard InChI is InChI=1S/C36H56O11/c1-31(18-38)12-14-36(30(45)47-28-27(42)26(41)25(40)21(17-37)46-28)15-13-33(3)19(20(36)16-31)6-7-22-32(2)10-9-24(39)35(5,29(43)44)23(32)8-11-34(22,33)4/h6,20-28,37-42H,7-18H2,1-5H3,(H,43,44)/t20-,21+,22+,23+,24?,25+,26-,27+,28-,31+,32+,33+,34+,35-,36-/m0/s1. The average Bonchev–Trinajstić information content (AvgIpc) is 3.03. The average molecular weight is 665 g/mol. The summed E-state index contributed by atoms with van der Waals surface area (Å²) in [6.07, 6.45) is -0.0188. The molecule has 1 aliphatic heterocycles. The third-order valence-corrected chi connectivity index (χ3v) is 15.5. The van der Waals surface area contributed by atoms with Gasteiger partial charge in [-0.15, -0.1) is 0 Å². The summed E-state index contributed by atoms with van der Waals surface area (Å²) in [5.74, 6) is -1.73. The third-order valence-electron chi connectivity index (χ3n) is 15.5. The molecule has 4 saturated carbocycles. The van der Waals surface area contributed by atoms with Gasteiger partial charge in [0, 0.05) is 6.61 Å². The molecule has 6 aliphatic rings. The summed E-state index contributed by atoms with van der Waals surface area (Å²) in [6, 6.07) is 0. The van der Waals surface area contributed by atoms with Gasteiger partial charge in [0.2, 0.25) is 6.29 Å². The third kappa shape index (κ3) is 4.69. The highest BCUT2D eigenvalue weighted by atomic mass is 16.7. The first kappa shape index (κ1) is 35.2. The van der Waals surface area contributed by atoms with Crippen LogP contribution in [0.2, 0.25) is 0 Å². The van der Waals surface area contributed by atoms with Crippen LogP contribution in [-0.4, -0.2) is 97.7 Å². The highest BCUT2D eigenvalue weighted by molar-refractivity contribution is 5.79. The van der Waals surface area contributed by atoms with Gasteiger partial charge < -0.3 is 45.2 Å². The highest BCUT2D eigenvalue weighted by Crippen LogP contribution is 2.76. The predicted octanol–water partition coefficient (Wildman–Crippen LogP) is 2.53. The Morgan fingerprint density at radius 1 is 0.872 bits per heavy atom. The van der Waals surface area contributed by atoms with Crippen LogP contribution < -0.4 is 0 Å². The van der Waals surface area contributed by atoms with E-state index >= 15 is 0 Å². The molecule has 1 saturated heterocycles. The number of carbonyl (C=O) groups is 2. The van der Waals surface area contributed by atoms with Crippen molar-refractivity contribution in [1.29, 1.82) is 0 Å². The topological polar surface area (TPSA) is 194 Å². The van der Waals surface area contributed by atoms with Crippen molar-refractivity contribution in [3.05, 3.63) is 11.6 Å². The molecule has 0 radical (unpaired) electrons. The minimum atomic E-state index is -1.69. The number of carboxylic acids is 1. The number of hydrogen-bond acceptors (Lipinski definition) is 10. The first-order valence-corrected chi connectivity index (χ1v) is 17.6. The number of aliphatic hydroxyl groups excluding tert-OH is 6. The Labute approximate surface area is 277 Å². The van der Waals surface area contributed by atoms with Crippen LogP contribution in [0.5, 0.6) is 0 Å². The molecule has 11 heteroatoms. The number of aliphatic hydroxyl groups is 6. The van der Waals surface area contributed by atoms with Crippen LogP contribution in [-0.2, 0) is 19.1 Å². The molecule has 5 fully saturated rings. The summed E-state index contributed by atoms with van der Waals surface area (Å²) in [5, 5.41) is 72.9. The van der Waals surface area contributed by atoms with E-state index in [1.807, 2.05) is 6.92 Å². The molecule has 0 spiro atoms. The molecule has 0 bridgehead atoms. The zero-order chi connectivity index (χ0) is 34.5. The molecule has 0 aromatic heterocycles. The summed E-state index contributed by atoms with van der Waals surface area (Å²) in [7, 11) is 0. The van der Waals surface area contributed by atoms with Crippen molar-refractivity contribution in [2.75, 3.05) is 13.2 Å². The van der Waals surface area contributed by atoms with Gasteiger partial charge in [-0.2, -0.15) is 0 Å². The molecule has 0 aromatic carbocycles. The Kier molecular flexibility index (Phi) is 8.60. The van der Waals surface area contributed by atoms with Crippen LogP contribution in [0.25, 0.3) is 0 Å². The van der Waals surface area contributed by atoms with Gasteiger partial charge >= 0.3 is 11.9 Å². The maximum atomic E-state index is 14.4. The smallest absolute Gasteiger partial charge is 0.315 e. The number of aliphatic carboxylic acids is 1. The number of fused-ring (bicyclic) bond motifs is 7. The fourth-order valence-electron chi connectivity index (χ4n) is 12.0. The molecule has 11 nitrogen and oxygen atoms in total. The van der Waals surface area contributed by atoms with Gasteiger partial charge in [0.25, 0.3) is 0 Å².